The van der Waals surface area contributed by atoms with E-state index in [-0.39, 0.29) is 0 Å². The number of sulfonamides is 1. The molecule has 0 bridgehead atoms. The topological polar surface area (TPSA) is 116 Å². The fraction of sp³-hybridized carbons (Fsp3) is 0.0909. The number of rotatable bonds is 6. The first kappa shape index (κ1) is 23.1. The average molecular weight is 473 g/mol. The highest BCUT2D eigenvalue weighted by atomic mass is 35.5. The first-order valence-corrected chi connectivity index (χ1v) is 11.7. The number of hydrogen-bond acceptors (Lipinski definition) is 4. The normalized spacial score (nSPS) is 10.8. The van der Waals surface area contributed by atoms with Crippen LogP contribution in [0.4, 0.5) is 27.5 Å². The fourth-order valence-electron chi connectivity index (χ4n) is 2.74. The molecule has 3 rings (SSSR count). The first-order chi connectivity index (χ1) is 15.1. The van der Waals surface area contributed by atoms with Crippen molar-refractivity contribution in [3.63, 3.8) is 0 Å². The number of nitrogens with one attached hydrogen (secondary N) is 4. The molecule has 166 valence electrons. The van der Waals surface area contributed by atoms with Crippen molar-refractivity contribution in [3.8, 4) is 0 Å². The van der Waals surface area contributed by atoms with Gasteiger partial charge in [-0.25, -0.2) is 13.2 Å². The van der Waals surface area contributed by atoms with E-state index in [1.165, 1.54) is 6.07 Å². The minimum Gasteiger partial charge on any atom is -0.322 e. The highest BCUT2D eigenvalue weighted by Gasteiger charge is 2.11. The highest BCUT2D eigenvalue weighted by Crippen LogP contribution is 2.20. The van der Waals surface area contributed by atoms with Gasteiger partial charge in [0.25, 0.3) is 5.91 Å². The van der Waals surface area contributed by atoms with E-state index >= 15 is 0 Å². The molecule has 0 aliphatic heterocycles. The maximum absolute atomic E-state index is 12.6. The van der Waals surface area contributed by atoms with E-state index in [9.17, 15) is 18.0 Å². The van der Waals surface area contributed by atoms with Crippen molar-refractivity contribution < 1.29 is 18.0 Å². The van der Waals surface area contributed by atoms with Crippen LogP contribution in [-0.4, -0.2) is 26.6 Å². The molecule has 32 heavy (non-hydrogen) atoms. The zero-order valence-electron chi connectivity index (χ0n) is 17.3. The van der Waals surface area contributed by atoms with Crippen LogP contribution in [-0.2, 0) is 10.0 Å². The summed E-state index contributed by atoms with van der Waals surface area (Å²) < 4.78 is 25.4. The van der Waals surface area contributed by atoms with Gasteiger partial charge in [0.1, 0.15) is 0 Å². The van der Waals surface area contributed by atoms with Gasteiger partial charge in [-0.15, -0.1) is 0 Å². The van der Waals surface area contributed by atoms with Gasteiger partial charge in [-0.3, -0.25) is 9.52 Å². The summed E-state index contributed by atoms with van der Waals surface area (Å²) in [6.45, 7) is 1.74. The maximum atomic E-state index is 12.6. The number of aryl methyl sites for hydroxylation is 1. The molecule has 0 atom stereocenters. The van der Waals surface area contributed by atoms with Crippen molar-refractivity contribution >= 4 is 56.3 Å². The molecule has 8 nitrogen and oxygen atoms in total. The quantitative estimate of drug-likeness (QED) is 0.407. The van der Waals surface area contributed by atoms with E-state index in [2.05, 4.69) is 20.7 Å². The number of amides is 3. The molecule has 0 aliphatic rings. The molecule has 0 spiro atoms. The van der Waals surface area contributed by atoms with Crippen LogP contribution in [0.25, 0.3) is 0 Å². The molecule has 0 saturated carbocycles. The fourth-order valence-corrected chi connectivity index (χ4v) is 3.49. The average Bonchev–Trinajstić information content (AvgIpc) is 2.72. The zero-order valence-corrected chi connectivity index (χ0v) is 18.8. The lowest BCUT2D eigenvalue weighted by Crippen LogP contribution is -2.19. The van der Waals surface area contributed by atoms with Crippen LogP contribution in [0.15, 0.2) is 66.7 Å². The molecular weight excluding hydrogens is 452 g/mol. The van der Waals surface area contributed by atoms with Gasteiger partial charge >= 0.3 is 6.03 Å². The Kier molecular flexibility index (Phi) is 7.01. The molecule has 3 aromatic carbocycles. The van der Waals surface area contributed by atoms with Gasteiger partial charge in [0.15, 0.2) is 0 Å². The maximum Gasteiger partial charge on any atom is 0.323 e. The summed E-state index contributed by atoms with van der Waals surface area (Å²) in [4.78, 5) is 24.7. The molecular formula is C22H21ClN4O4S. The van der Waals surface area contributed by atoms with Crippen LogP contribution in [0.2, 0.25) is 5.02 Å². The summed E-state index contributed by atoms with van der Waals surface area (Å²) in [7, 11) is -3.46. The Morgan fingerprint density at radius 2 is 1.28 bits per heavy atom. The number of anilines is 4. The van der Waals surface area contributed by atoms with Crippen LogP contribution >= 0.6 is 11.6 Å². The van der Waals surface area contributed by atoms with E-state index in [4.69, 9.17) is 11.6 Å². The summed E-state index contributed by atoms with van der Waals surface area (Å²) in [5.41, 5.74) is 2.97. The SMILES string of the molecule is Cc1ccc(C(=O)Nc2ccc(NC(=O)Nc3ccc(Cl)cc3)cc2)cc1NS(C)(=O)=O. The number of carbonyl (C=O) groups excluding carboxylic acids is 2. The van der Waals surface area contributed by atoms with Gasteiger partial charge in [-0.1, -0.05) is 17.7 Å². The van der Waals surface area contributed by atoms with E-state index in [1.54, 1.807) is 67.6 Å². The highest BCUT2D eigenvalue weighted by molar-refractivity contribution is 7.92. The minimum absolute atomic E-state index is 0.297. The first-order valence-electron chi connectivity index (χ1n) is 9.42. The molecule has 0 radical (unpaired) electrons. The van der Waals surface area contributed by atoms with Crippen molar-refractivity contribution in [1.29, 1.82) is 0 Å². The summed E-state index contributed by atoms with van der Waals surface area (Å²) in [5, 5.41) is 8.68. The Bertz CT molecular complexity index is 1240. The van der Waals surface area contributed by atoms with Crippen LogP contribution in [0, 0.1) is 6.92 Å². The third-order valence-corrected chi connectivity index (χ3v) is 5.14. The lowest BCUT2D eigenvalue weighted by atomic mass is 10.1. The van der Waals surface area contributed by atoms with Gasteiger partial charge in [0.05, 0.1) is 11.9 Å². The van der Waals surface area contributed by atoms with Crippen LogP contribution in [0.5, 0.6) is 0 Å². The van der Waals surface area contributed by atoms with E-state index in [0.717, 1.165) is 6.26 Å². The van der Waals surface area contributed by atoms with Gasteiger partial charge in [-0.05, 0) is 73.2 Å². The van der Waals surface area contributed by atoms with Gasteiger partial charge in [-0.2, -0.15) is 0 Å². The van der Waals surface area contributed by atoms with Crippen LogP contribution < -0.4 is 20.7 Å². The molecule has 0 saturated heterocycles. The van der Waals surface area contributed by atoms with Gasteiger partial charge in [0, 0.05) is 27.6 Å². The van der Waals surface area contributed by atoms with E-state index in [1.807, 2.05) is 0 Å². The molecule has 3 aromatic rings. The molecule has 0 aliphatic carbocycles. The molecule has 10 heteroatoms. The van der Waals surface area contributed by atoms with Gasteiger partial charge in [0.2, 0.25) is 10.0 Å². The number of halogens is 1. The molecule has 0 unspecified atom stereocenters. The Morgan fingerprint density at radius 1 is 0.781 bits per heavy atom. The van der Waals surface area contributed by atoms with Crippen molar-refractivity contribution in [1.82, 2.24) is 0 Å². The van der Waals surface area contributed by atoms with Crippen molar-refractivity contribution in [2.45, 2.75) is 6.92 Å². The number of carbonyl (C=O) groups is 2. The van der Waals surface area contributed by atoms with E-state index < -0.39 is 22.0 Å². The predicted octanol–water partition coefficient (Wildman–Crippen LogP) is 4.92. The van der Waals surface area contributed by atoms with Gasteiger partial charge < -0.3 is 16.0 Å². The molecule has 3 amide bonds. The third-order valence-electron chi connectivity index (χ3n) is 4.30. The molecule has 0 heterocycles. The second kappa shape index (κ2) is 9.71. The van der Waals surface area contributed by atoms with Crippen LogP contribution in [0.3, 0.4) is 0 Å². The summed E-state index contributed by atoms with van der Waals surface area (Å²) in [6.07, 6.45) is 1.05. The molecule has 0 aromatic heterocycles. The van der Waals surface area contributed by atoms with Crippen LogP contribution in [0.1, 0.15) is 15.9 Å². The second-order valence-corrected chi connectivity index (χ2v) is 9.21. The minimum atomic E-state index is -3.46. The lowest BCUT2D eigenvalue weighted by Gasteiger charge is -2.11. The number of hydrogen-bond donors (Lipinski definition) is 4. The molecule has 4 N–H and O–H groups in total. The van der Waals surface area contributed by atoms with Crippen molar-refractivity contribution in [3.05, 3.63) is 82.9 Å². The second-order valence-electron chi connectivity index (χ2n) is 7.02. The third kappa shape index (κ3) is 6.73. The van der Waals surface area contributed by atoms with E-state index in [0.29, 0.717) is 38.9 Å². The Hall–Kier alpha value is -3.56. The number of benzene rings is 3. The Morgan fingerprint density at radius 3 is 1.81 bits per heavy atom. The predicted molar refractivity (Wildman–Crippen MR) is 128 cm³/mol. The smallest absolute Gasteiger partial charge is 0.322 e. The molecule has 0 fully saturated rings. The Labute approximate surface area is 191 Å². The summed E-state index contributed by atoms with van der Waals surface area (Å²) in [5.74, 6) is -0.400. The number of urea groups is 1. The summed E-state index contributed by atoms with van der Waals surface area (Å²) >= 11 is 5.82. The van der Waals surface area contributed by atoms with Crippen molar-refractivity contribution in [2.24, 2.45) is 0 Å². The lowest BCUT2D eigenvalue weighted by molar-refractivity contribution is 0.102. The zero-order chi connectivity index (χ0) is 23.3. The standard InChI is InChI=1S/C22H21ClN4O4S/c1-14-3-4-15(13-20(14)27-32(2,30)31)21(28)24-17-9-11-19(12-10-17)26-22(29)25-18-7-5-16(23)6-8-18/h3-13,27H,1-2H3,(H,24,28)(H2,25,26,29). The monoisotopic (exact) mass is 472 g/mol. The summed E-state index contributed by atoms with van der Waals surface area (Å²) in [6, 6.07) is 17.6. The van der Waals surface area contributed by atoms with Crippen molar-refractivity contribution in [2.75, 3.05) is 26.9 Å². The Balaban J connectivity index is 1.61. The largest absolute Gasteiger partial charge is 0.323 e.